The van der Waals surface area contributed by atoms with Crippen LogP contribution in [0.4, 0.5) is 5.69 Å². The molecule has 2 aromatic rings. The topological polar surface area (TPSA) is 63.3 Å². The SMILES string of the molecule is O=C(CN1CCN(CCOc2ccccc2)CC1)Nc1cc2c(cc1Br)OCCO2. The first-order valence-corrected chi connectivity index (χ1v) is 11.0. The molecule has 0 aromatic heterocycles. The molecule has 0 unspecified atom stereocenters. The predicted molar refractivity (Wildman–Crippen MR) is 119 cm³/mol. The Bertz CT molecular complexity index is 857. The summed E-state index contributed by atoms with van der Waals surface area (Å²) in [6.07, 6.45) is 0. The van der Waals surface area contributed by atoms with Crippen molar-refractivity contribution in [1.82, 2.24) is 9.80 Å². The molecule has 7 nitrogen and oxygen atoms in total. The standard InChI is InChI=1S/C22H26BrN3O4/c23-18-14-20-21(30-13-12-29-20)15-19(18)24-22(27)16-26-8-6-25(7-9-26)10-11-28-17-4-2-1-3-5-17/h1-5,14-15H,6-13,16H2,(H,24,27). The molecule has 2 aliphatic heterocycles. The van der Waals surface area contributed by atoms with Gasteiger partial charge in [0.05, 0.1) is 12.2 Å². The fourth-order valence-electron chi connectivity index (χ4n) is 3.53. The molecule has 0 bridgehead atoms. The number of nitrogens with one attached hydrogen (secondary N) is 1. The molecule has 0 saturated carbocycles. The molecule has 2 aliphatic rings. The van der Waals surface area contributed by atoms with Crippen molar-refractivity contribution in [2.45, 2.75) is 0 Å². The van der Waals surface area contributed by atoms with Gasteiger partial charge in [-0.2, -0.15) is 0 Å². The molecule has 160 valence electrons. The molecule has 2 aromatic carbocycles. The number of amides is 1. The van der Waals surface area contributed by atoms with Crippen molar-refractivity contribution in [3.63, 3.8) is 0 Å². The Hall–Kier alpha value is -2.29. The average molecular weight is 476 g/mol. The van der Waals surface area contributed by atoms with Crippen molar-refractivity contribution in [3.8, 4) is 17.2 Å². The zero-order chi connectivity index (χ0) is 20.8. The molecule has 0 spiro atoms. The summed E-state index contributed by atoms with van der Waals surface area (Å²) in [7, 11) is 0. The highest BCUT2D eigenvalue weighted by molar-refractivity contribution is 9.10. The van der Waals surface area contributed by atoms with Crippen molar-refractivity contribution in [2.75, 3.05) is 64.4 Å². The van der Waals surface area contributed by atoms with Crippen LogP contribution in [0.15, 0.2) is 46.9 Å². The first-order valence-electron chi connectivity index (χ1n) is 10.2. The van der Waals surface area contributed by atoms with Crippen molar-refractivity contribution >= 4 is 27.5 Å². The van der Waals surface area contributed by atoms with Crippen LogP contribution in [0.3, 0.4) is 0 Å². The number of fused-ring (bicyclic) bond motifs is 1. The summed E-state index contributed by atoms with van der Waals surface area (Å²) < 4.78 is 17.7. The zero-order valence-corrected chi connectivity index (χ0v) is 18.4. The van der Waals surface area contributed by atoms with Crippen molar-refractivity contribution < 1.29 is 19.0 Å². The molecule has 0 radical (unpaired) electrons. The third-order valence-corrected chi connectivity index (χ3v) is 5.81. The van der Waals surface area contributed by atoms with E-state index in [9.17, 15) is 4.79 Å². The van der Waals surface area contributed by atoms with Gasteiger partial charge in [0.1, 0.15) is 25.6 Å². The van der Waals surface area contributed by atoms with Gasteiger partial charge in [0.25, 0.3) is 0 Å². The molecule has 1 saturated heterocycles. The van der Waals surface area contributed by atoms with Gasteiger partial charge < -0.3 is 19.5 Å². The Labute approximate surface area is 185 Å². The average Bonchev–Trinajstić information content (AvgIpc) is 2.76. The highest BCUT2D eigenvalue weighted by atomic mass is 79.9. The van der Waals surface area contributed by atoms with E-state index in [2.05, 4.69) is 31.0 Å². The van der Waals surface area contributed by atoms with Gasteiger partial charge >= 0.3 is 0 Å². The number of halogens is 1. The molecule has 4 rings (SSSR count). The number of nitrogens with zero attached hydrogens (tertiary/aromatic N) is 2. The van der Waals surface area contributed by atoms with E-state index in [0.29, 0.717) is 43.6 Å². The molecule has 8 heteroatoms. The number of ether oxygens (including phenoxy) is 3. The van der Waals surface area contributed by atoms with Gasteiger partial charge in [0.2, 0.25) is 5.91 Å². The minimum Gasteiger partial charge on any atom is -0.492 e. The summed E-state index contributed by atoms with van der Waals surface area (Å²) in [4.78, 5) is 17.1. The molecule has 1 fully saturated rings. The Morgan fingerprint density at radius 1 is 1.00 bits per heavy atom. The van der Waals surface area contributed by atoms with Crippen LogP contribution in [0.1, 0.15) is 0 Å². The van der Waals surface area contributed by atoms with Gasteiger partial charge in [0.15, 0.2) is 11.5 Å². The number of carbonyl (C=O) groups is 1. The van der Waals surface area contributed by atoms with E-state index in [0.717, 1.165) is 42.9 Å². The molecular weight excluding hydrogens is 450 g/mol. The molecule has 0 atom stereocenters. The van der Waals surface area contributed by atoms with Crippen LogP contribution in [0.5, 0.6) is 17.2 Å². The van der Waals surface area contributed by atoms with Crippen LogP contribution >= 0.6 is 15.9 Å². The minimum atomic E-state index is -0.0340. The minimum absolute atomic E-state index is 0.0340. The van der Waals surface area contributed by atoms with Gasteiger partial charge in [-0.25, -0.2) is 0 Å². The maximum Gasteiger partial charge on any atom is 0.238 e. The van der Waals surface area contributed by atoms with E-state index in [-0.39, 0.29) is 5.91 Å². The zero-order valence-electron chi connectivity index (χ0n) is 16.8. The van der Waals surface area contributed by atoms with E-state index in [1.165, 1.54) is 0 Å². The number of hydrogen-bond donors (Lipinski definition) is 1. The van der Waals surface area contributed by atoms with E-state index < -0.39 is 0 Å². The monoisotopic (exact) mass is 475 g/mol. The number of benzene rings is 2. The number of anilines is 1. The van der Waals surface area contributed by atoms with Gasteiger partial charge in [-0.05, 0) is 28.1 Å². The summed E-state index contributed by atoms with van der Waals surface area (Å²) in [5.74, 6) is 2.22. The summed E-state index contributed by atoms with van der Waals surface area (Å²) >= 11 is 3.50. The predicted octanol–water partition coefficient (Wildman–Crippen LogP) is 2.86. The largest absolute Gasteiger partial charge is 0.492 e. The first kappa shape index (κ1) is 21.0. The van der Waals surface area contributed by atoms with E-state index >= 15 is 0 Å². The summed E-state index contributed by atoms with van der Waals surface area (Å²) in [5, 5.41) is 2.97. The summed E-state index contributed by atoms with van der Waals surface area (Å²) in [5.41, 5.74) is 0.695. The van der Waals surface area contributed by atoms with Crippen LogP contribution in [0.2, 0.25) is 0 Å². The molecule has 30 heavy (non-hydrogen) atoms. The van der Waals surface area contributed by atoms with Crippen LogP contribution in [0.25, 0.3) is 0 Å². The second kappa shape index (κ2) is 10.1. The molecular formula is C22H26BrN3O4. The number of para-hydroxylation sites is 1. The third kappa shape index (κ3) is 5.65. The van der Waals surface area contributed by atoms with E-state index in [1.807, 2.05) is 36.4 Å². The highest BCUT2D eigenvalue weighted by Gasteiger charge is 2.20. The van der Waals surface area contributed by atoms with Gasteiger partial charge in [0, 0.05) is 49.3 Å². The number of carbonyl (C=O) groups excluding carboxylic acids is 1. The molecule has 2 heterocycles. The first-order chi connectivity index (χ1) is 14.7. The van der Waals surface area contributed by atoms with Crippen LogP contribution in [0, 0.1) is 0 Å². The lowest BCUT2D eigenvalue weighted by Crippen LogP contribution is -2.49. The number of hydrogen-bond acceptors (Lipinski definition) is 6. The Kier molecular flexibility index (Phi) is 7.09. The van der Waals surface area contributed by atoms with Crippen LogP contribution in [-0.4, -0.2) is 74.8 Å². The van der Waals surface area contributed by atoms with Gasteiger partial charge in [-0.1, -0.05) is 18.2 Å². The van der Waals surface area contributed by atoms with Crippen LogP contribution < -0.4 is 19.5 Å². The normalized spacial score (nSPS) is 16.8. The molecule has 1 amide bonds. The molecule has 0 aliphatic carbocycles. The smallest absolute Gasteiger partial charge is 0.238 e. The van der Waals surface area contributed by atoms with Gasteiger partial charge in [-0.3, -0.25) is 14.6 Å². The Morgan fingerprint density at radius 3 is 2.40 bits per heavy atom. The summed E-state index contributed by atoms with van der Waals surface area (Å²) in [6, 6.07) is 13.5. The lowest BCUT2D eigenvalue weighted by molar-refractivity contribution is -0.117. The second-order valence-corrected chi connectivity index (χ2v) is 8.16. The van der Waals surface area contributed by atoms with E-state index in [1.54, 1.807) is 6.07 Å². The highest BCUT2D eigenvalue weighted by Crippen LogP contribution is 2.38. The van der Waals surface area contributed by atoms with Crippen molar-refractivity contribution in [2.24, 2.45) is 0 Å². The fraction of sp³-hybridized carbons (Fsp3) is 0.409. The Balaban J connectivity index is 1.19. The maximum absolute atomic E-state index is 12.5. The maximum atomic E-state index is 12.5. The van der Waals surface area contributed by atoms with E-state index in [4.69, 9.17) is 14.2 Å². The quantitative estimate of drug-likeness (QED) is 0.664. The summed E-state index contributed by atoms with van der Waals surface area (Å²) in [6.45, 7) is 6.57. The van der Waals surface area contributed by atoms with Crippen molar-refractivity contribution in [1.29, 1.82) is 0 Å². The third-order valence-electron chi connectivity index (χ3n) is 5.16. The Morgan fingerprint density at radius 2 is 1.67 bits per heavy atom. The lowest BCUT2D eigenvalue weighted by atomic mass is 10.2. The second-order valence-electron chi connectivity index (χ2n) is 7.30. The van der Waals surface area contributed by atoms with Gasteiger partial charge in [-0.15, -0.1) is 0 Å². The van der Waals surface area contributed by atoms with Crippen LogP contribution in [-0.2, 0) is 4.79 Å². The number of piperazine rings is 1. The lowest BCUT2D eigenvalue weighted by Gasteiger charge is -2.34. The molecule has 1 N–H and O–H groups in total. The fourth-order valence-corrected chi connectivity index (χ4v) is 3.95. The number of rotatable bonds is 7. The van der Waals surface area contributed by atoms with Crippen molar-refractivity contribution in [3.05, 3.63) is 46.9 Å².